The molecule has 0 bridgehead atoms. The SMILES string of the molecule is CC(C)(C)c1cc(-c2ccccc2N2c3cc(-n4c5ccccc5c5cccc(-c6cc(C(C)(C)C)cc(C(C)(C)C)c6)c54)ccc3B3c4ccc(-n5c6ccccc6c6cccc(-c7cc(C(C)(C)C)cc(C(C)(C)C)c7)c65)cc4N(c4ccccc4-c4cc(C(C)(C)C)cc(C(C)(C)C)c4)c4cccc2c43)cc(C(C)(C)C)c1. The van der Waals surface area contributed by atoms with E-state index in [0.717, 1.165) is 45.5 Å². The van der Waals surface area contributed by atoms with Crippen molar-refractivity contribution in [2.24, 2.45) is 0 Å². The van der Waals surface area contributed by atoms with Crippen molar-refractivity contribution in [1.29, 1.82) is 0 Å². The largest absolute Gasteiger partial charge is 0.311 e. The van der Waals surface area contributed by atoms with Crippen LogP contribution in [-0.4, -0.2) is 15.8 Å². The molecule has 17 rings (SSSR count). The maximum absolute atomic E-state index is 2.67. The minimum Gasteiger partial charge on any atom is -0.311 e. The summed E-state index contributed by atoms with van der Waals surface area (Å²) in [6.07, 6.45) is 0. The van der Waals surface area contributed by atoms with Crippen molar-refractivity contribution in [3.63, 3.8) is 0 Å². The zero-order chi connectivity index (χ0) is 81.5. The van der Waals surface area contributed by atoms with E-state index in [2.05, 4.69) is 446 Å². The van der Waals surface area contributed by atoms with Crippen molar-refractivity contribution in [2.75, 3.05) is 9.80 Å². The van der Waals surface area contributed by atoms with E-state index in [9.17, 15) is 0 Å². The van der Waals surface area contributed by atoms with Crippen LogP contribution >= 0.6 is 0 Å². The minimum absolute atomic E-state index is 0.0776. The maximum Gasteiger partial charge on any atom is 0.252 e. The van der Waals surface area contributed by atoms with E-state index in [1.165, 1.54) is 149 Å². The standard InChI is InChI=1S/C110H115BN4/c1-103(2,3)72-54-68(55-73(62-72)104(4,5)6)82-36-25-29-44-92(82)114-96-48-35-49-97-100(96)111(90-52-50-80(66-98(90)114)112-94-46-31-27-38-86(94)88-42-33-40-84(101(88)112)70-58-76(107(13,14)15)64-77(59-70)108(16,17)18)91-53-51-81(67-99(91)115(97)93-45-30-26-37-83(93)69-56-74(105(7,8)9)63-75(57-69)106(10,11)12)113-95-47-32-28-39-87(95)89-43-34-41-85(102(89)113)71-60-78(109(19,20)21)65-79(61-71)110(22,23)24/h25-67H,1-24H3. The smallest absolute Gasteiger partial charge is 0.252 e. The molecule has 0 spiro atoms. The van der Waals surface area contributed by atoms with E-state index >= 15 is 0 Å². The van der Waals surface area contributed by atoms with Gasteiger partial charge in [0.05, 0.1) is 33.4 Å². The highest BCUT2D eigenvalue weighted by Crippen LogP contribution is 2.53. The fourth-order valence-corrected chi connectivity index (χ4v) is 18.2. The van der Waals surface area contributed by atoms with Gasteiger partial charge in [0.2, 0.25) is 0 Å². The quantitative estimate of drug-likeness (QED) is 0.141. The van der Waals surface area contributed by atoms with Crippen molar-refractivity contribution in [2.45, 2.75) is 209 Å². The molecule has 0 aliphatic carbocycles. The van der Waals surface area contributed by atoms with Gasteiger partial charge in [-0.15, -0.1) is 0 Å². The number of para-hydroxylation sites is 6. The fraction of sp³-hybridized carbons (Fsp3) is 0.291. The molecule has 115 heavy (non-hydrogen) atoms. The summed E-state index contributed by atoms with van der Waals surface area (Å²) in [5, 5.41) is 4.92. The Morgan fingerprint density at radius 2 is 0.461 bits per heavy atom. The fourth-order valence-electron chi connectivity index (χ4n) is 18.2. The molecular formula is C110H115BN4. The first-order valence-electron chi connectivity index (χ1n) is 42.0. The van der Waals surface area contributed by atoms with Gasteiger partial charge in [0.1, 0.15) is 0 Å². The zero-order valence-electron chi connectivity index (χ0n) is 72.7. The molecule has 2 aliphatic rings. The van der Waals surface area contributed by atoms with Crippen LogP contribution in [0, 0.1) is 0 Å². The van der Waals surface area contributed by atoms with Crippen molar-refractivity contribution in [3.05, 3.63) is 305 Å². The maximum atomic E-state index is 2.67. The van der Waals surface area contributed by atoms with Crippen LogP contribution in [0.5, 0.6) is 0 Å². The van der Waals surface area contributed by atoms with Gasteiger partial charge in [-0.25, -0.2) is 0 Å². The number of hydrogen-bond donors (Lipinski definition) is 0. The molecule has 0 radical (unpaired) electrons. The van der Waals surface area contributed by atoms with E-state index < -0.39 is 0 Å². The van der Waals surface area contributed by atoms with Crippen LogP contribution in [-0.2, 0) is 43.3 Å². The highest BCUT2D eigenvalue weighted by molar-refractivity contribution is 7.00. The molecule has 0 atom stereocenters. The van der Waals surface area contributed by atoms with Crippen molar-refractivity contribution < 1.29 is 0 Å². The lowest BCUT2D eigenvalue weighted by atomic mass is 9.33. The third kappa shape index (κ3) is 13.3. The van der Waals surface area contributed by atoms with Crippen molar-refractivity contribution in [3.8, 4) is 55.9 Å². The lowest BCUT2D eigenvalue weighted by molar-refractivity contribution is 0.568. The van der Waals surface area contributed by atoms with Gasteiger partial charge in [-0.1, -0.05) is 366 Å². The minimum atomic E-state index is -0.214. The summed E-state index contributed by atoms with van der Waals surface area (Å²) < 4.78 is 5.20. The molecular weight excluding hydrogens is 1390 g/mol. The number of rotatable bonds is 8. The van der Waals surface area contributed by atoms with E-state index in [1.807, 2.05) is 0 Å². The molecule has 4 heterocycles. The molecule has 0 amide bonds. The zero-order valence-corrected chi connectivity index (χ0v) is 72.7. The summed E-state index contributed by atoms with van der Waals surface area (Å²) in [7, 11) is 0. The van der Waals surface area contributed by atoms with Gasteiger partial charge in [-0.05, 0) is 187 Å². The van der Waals surface area contributed by atoms with Gasteiger partial charge in [0.15, 0.2) is 0 Å². The van der Waals surface area contributed by atoms with E-state index in [4.69, 9.17) is 0 Å². The van der Waals surface area contributed by atoms with Crippen LogP contribution in [0.25, 0.3) is 99.5 Å². The van der Waals surface area contributed by atoms with E-state index in [-0.39, 0.29) is 50.0 Å². The summed E-state index contributed by atoms with van der Waals surface area (Å²) >= 11 is 0. The highest BCUT2D eigenvalue weighted by Gasteiger charge is 2.45. The first kappa shape index (κ1) is 76.7. The molecule has 13 aromatic carbocycles. The summed E-state index contributed by atoms with van der Waals surface area (Å²) in [5.41, 5.74) is 37.1. The average molecular weight is 1500 g/mol. The molecule has 0 saturated heterocycles. The molecule has 2 aromatic heterocycles. The molecule has 0 fully saturated rings. The second kappa shape index (κ2) is 26.9. The van der Waals surface area contributed by atoms with Gasteiger partial charge < -0.3 is 18.9 Å². The highest BCUT2D eigenvalue weighted by atomic mass is 15.2. The lowest BCUT2D eigenvalue weighted by Gasteiger charge is -2.45. The van der Waals surface area contributed by atoms with Crippen LogP contribution in [0.3, 0.4) is 0 Å². The van der Waals surface area contributed by atoms with Gasteiger partial charge in [-0.3, -0.25) is 0 Å². The number of aromatic nitrogens is 2. The first-order chi connectivity index (χ1) is 54.1. The molecule has 5 heteroatoms. The van der Waals surface area contributed by atoms with E-state index in [0.29, 0.717) is 0 Å². The van der Waals surface area contributed by atoms with Crippen LogP contribution in [0.1, 0.15) is 211 Å². The van der Waals surface area contributed by atoms with Crippen LogP contribution in [0.4, 0.5) is 34.1 Å². The number of hydrogen-bond acceptors (Lipinski definition) is 2. The summed E-state index contributed by atoms with van der Waals surface area (Å²) in [6.45, 7) is 56.3. The molecule has 0 saturated carbocycles. The molecule has 15 aromatic rings. The predicted molar refractivity (Wildman–Crippen MR) is 500 cm³/mol. The Hall–Kier alpha value is -10.9. The van der Waals surface area contributed by atoms with Crippen molar-refractivity contribution >= 4 is 101 Å². The van der Waals surface area contributed by atoms with Gasteiger partial charge in [0.25, 0.3) is 6.71 Å². The predicted octanol–water partition coefficient (Wildman–Crippen LogP) is 29.0. The first-order valence-corrected chi connectivity index (χ1v) is 42.0. The summed E-state index contributed by atoms with van der Waals surface area (Å²) in [4.78, 5) is 5.35. The number of anilines is 6. The normalized spacial score (nSPS) is 13.7. The summed E-state index contributed by atoms with van der Waals surface area (Å²) in [6, 6.07) is 103. The number of benzene rings is 13. The Labute approximate surface area is 686 Å². The van der Waals surface area contributed by atoms with Gasteiger partial charge in [-0.2, -0.15) is 0 Å². The number of nitrogens with zero attached hydrogens (tertiary/aromatic N) is 4. The van der Waals surface area contributed by atoms with Crippen LogP contribution < -0.4 is 26.2 Å². The van der Waals surface area contributed by atoms with Gasteiger partial charge in [0, 0.05) is 77.9 Å². The molecule has 578 valence electrons. The number of fused-ring (bicyclic) bond motifs is 10. The Bertz CT molecular complexity index is 5930. The van der Waals surface area contributed by atoms with E-state index in [1.54, 1.807) is 0 Å². The molecule has 2 aliphatic heterocycles. The molecule has 0 N–H and O–H groups in total. The Kier molecular flexibility index (Phi) is 17.9. The van der Waals surface area contributed by atoms with Crippen molar-refractivity contribution in [1.82, 2.24) is 9.13 Å². The molecule has 4 nitrogen and oxygen atoms in total. The molecule has 0 unspecified atom stereocenters. The second-order valence-corrected chi connectivity index (χ2v) is 41.6. The third-order valence-corrected chi connectivity index (χ3v) is 25.1. The monoisotopic (exact) mass is 1500 g/mol. The average Bonchev–Trinajstić information content (AvgIpc) is 1.27. The van der Waals surface area contributed by atoms with Crippen LogP contribution in [0.15, 0.2) is 261 Å². The third-order valence-electron chi connectivity index (χ3n) is 25.1. The summed E-state index contributed by atoms with van der Waals surface area (Å²) in [5.74, 6) is 0. The lowest BCUT2D eigenvalue weighted by Crippen LogP contribution is -2.61. The second-order valence-electron chi connectivity index (χ2n) is 41.6. The van der Waals surface area contributed by atoms with Crippen LogP contribution in [0.2, 0.25) is 0 Å². The Balaban J connectivity index is 0.991. The Morgan fingerprint density at radius 1 is 0.209 bits per heavy atom. The topological polar surface area (TPSA) is 16.3 Å². The Morgan fingerprint density at radius 3 is 0.774 bits per heavy atom. The van der Waals surface area contributed by atoms with Gasteiger partial charge >= 0.3 is 0 Å².